The van der Waals surface area contributed by atoms with Gasteiger partial charge in [-0.05, 0) is 29.3 Å². The quantitative estimate of drug-likeness (QED) is 0.614. The summed E-state index contributed by atoms with van der Waals surface area (Å²) in [4.78, 5) is 12.2. The molecule has 3 rings (SSSR count). The molecule has 0 aliphatic heterocycles. The normalized spacial score (nSPS) is 10.5. The Hall–Kier alpha value is -3.11. The third-order valence-electron chi connectivity index (χ3n) is 3.86. The van der Waals surface area contributed by atoms with E-state index in [1.54, 1.807) is 12.1 Å². The first kappa shape index (κ1) is 17.7. The summed E-state index contributed by atoms with van der Waals surface area (Å²) >= 11 is 0. The van der Waals surface area contributed by atoms with E-state index in [4.69, 9.17) is 9.47 Å². The second-order valence-corrected chi connectivity index (χ2v) is 5.86. The Kier molecular flexibility index (Phi) is 6.01. The third kappa shape index (κ3) is 4.94. The van der Waals surface area contributed by atoms with Crippen LogP contribution in [-0.4, -0.2) is 17.5 Å². The molecule has 0 bridgehead atoms. The average molecular weight is 348 g/mol. The summed E-state index contributed by atoms with van der Waals surface area (Å²) in [6.45, 7) is 0.678. The van der Waals surface area contributed by atoms with Crippen molar-refractivity contribution < 1.29 is 19.4 Å². The van der Waals surface area contributed by atoms with Gasteiger partial charge < -0.3 is 14.6 Å². The van der Waals surface area contributed by atoms with Crippen LogP contribution in [0.3, 0.4) is 0 Å². The maximum Gasteiger partial charge on any atom is 0.188 e. The molecule has 0 amide bonds. The van der Waals surface area contributed by atoms with E-state index >= 15 is 0 Å². The smallest absolute Gasteiger partial charge is 0.188 e. The topological polar surface area (TPSA) is 55.8 Å². The fourth-order valence-electron chi connectivity index (χ4n) is 2.47. The molecule has 0 aromatic heterocycles. The molecule has 26 heavy (non-hydrogen) atoms. The van der Waals surface area contributed by atoms with E-state index in [9.17, 15) is 9.90 Å². The second-order valence-electron chi connectivity index (χ2n) is 5.86. The summed E-state index contributed by atoms with van der Waals surface area (Å²) in [5.74, 6) is 0.0938. The Morgan fingerprint density at radius 3 is 2.04 bits per heavy atom. The van der Waals surface area contributed by atoms with Crippen molar-refractivity contribution >= 4 is 5.78 Å². The van der Waals surface area contributed by atoms with E-state index < -0.39 is 0 Å². The van der Waals surface area contributed by atoms with Crippen molar-refractivity contribution in [2.45, 2.75) is 13.2 Å². The van der Waals surface area contributed by atoms with Crippen molar-refractivity contribution in [2.75, 3.05) is 6.61 Å². The SMILES string of the molecule is O=C(COCc1ccccc1)c1ccc(OCc2ccccc2)c(O)c1. The van der Waals surface area contributed by atoms with Crippen LogP contribution in [0.4, 0.5) is 0 Å². The molecule has 0 heterocycles. The molecule has 4 heteroatoms. The van der Waals surface area contributed by atoms with E-state index in [0.717, 1.165) is 11.1 Å². The lowest BCUT2D eigenvalue weighted by Gasteiger charge is -2.10. The number of carbonyl (C=O) groups excluding carboxylic acids is 1. The fraction of sp³-hybridized carbons (Fsp3) is 0.136. The summed E-state index contributed by atoms with van der Waals surface area (Å²) in [6, 6.07) is 24.0. The molecular weight excluding hydrogens is 328 g/mol. The van der Waals surface area contributed by atoms with Gasteiger partial charge in [0.25, 0.3) is 0 Å². The highest BCUT2D eigenvalue weighted by atomic mass is 16.5. The zero-order valence-electron chi connectivity index (χ0n) is 14.3. The van der Waals surface area contributed by atoms with Gasteiger partial charge in [-0.15, -0.1) is 0 Å². The zero-order chi connectivity index (χ0) is 18.2. The van der Waals surface area contributed by atoms with Crippen LogP contribution < -0.4 is 4.74 Å². The molecule has 0 spiro atoms. The third-order valence-corrected chi connectivity index (χ3v) is 3.86. The van der Waals surface area contributed by atoms with Gasteiger partial charge in [0, 0.05) is 5.56 Å². The van der Waals surface area contributed by atoms with Crippen LogP contribution in [-0.2, 0) is 18.0 Å². The maximum absolute atomic E-state index is 12.2. The van der Waals surface area contributed by atoms with Crippen LogP contribution in [0.25, 0.3) is 0 Å². The first-order chi connectivity index (χ1) is 12.7. The second kappa shape index (κ2) is 8.83. The molecule has 0 saturated carbocycles. The lowest BCUT2D eigenvalue weighted by atomic mass is 10.1. The molecule has 1 N–H and O–H groups in total. The number of rotatable bonds is 8. The van der Waals surface area contributed by atoms with E-state index in [1.807, 2.05) is 60.7 Å². The Morgan fingerprint density at radius 1 is 0.808 bits per heavy atom. The lowest BCUT2D eigenvalue weighted by molar-refractivity contribution is 0.0726. The zero-order valence-corrected chi connectivity index (χ0v) is 14.3. The minimum absolute atomic E-state index is 0.0431. The van der Waals surface area contributed by atoms with Crippen molar-refractivity contribution in [3.8, 4) is 11.5 Å². The Balaban J connectivity index is 1.53. The summed E-state index contributed by atoms with van der Waals surface area (Å²) in [5, 5.41) is 10.1. The minimum atomic E-state index is -0.189. The molecule has 0 fully saturated rings. The van der Waals surface area contributed by atoms with Crippen LogP contribution in [0.1, 0.15) is 21.5 Å². The molecule has 0 atom stereocenters. The monoisotopic (exact) mass is 348 g/mol. The molecule has 0 radical (unpaired) electrons. The Bertz CT molecular complexity index is 845. The summed E-state index contributed by atoms with van der Waals surface area (Å²) in [6.07, 6.45) is 0. The molecule has 132 valence electrons. The number of ether oxygens (including phenoxy) is 2. The van der Waals surface area contributed by atoms with Gasteiger partial charge in [-0.2, -0.15) is 0 Å². The molecule has 0 unspecified atom stereocenters. The van der Waals surface area contributed by atoms with Gasteiger partial charge in [-0.1, -0.05) is 60.7 Å². The van der Waals surface area contributed by atoms with Crippen LogP contribution in [0.5, 0.6) is 11.5 Å². The number of carbonyl (C=O) groups is 1. The lowest BCUT2D eigenvalue weighted by Crippen LogP contribution is -2.09. The van der Waals surface area contributed by atoms with Gasteiger partial charge >= 0.3 is 0 Å². The predicted molar refractivity (Wildman–Crippen MR) is 99.3 cm³/mol. The molecule has 0 aliphatic carbocycles. The number of Topliss-reactive ketones (excluding diaryl/α,β-unsaturated/α-hetero) is 1. The van der Waals surface area contributed by atoms with E-state index in [1.165, 1.54) is 6.07 Å². The van der Waals surface area contributed by atoms with Gasteiger partial charge in [0.1, 0.15) is 13.2 Å². The fourth-order valence-corrected chi connectivity index (χ4v) is 2.47. The van der Waals surface area contributed by atoms with Gasteiger partial charge in [0.15, 0.2) is 17.3 Å². The first-order valence-corrected chi connectivity index (χ1v) is 8.37. The minimum Gasteiger partial charge on any atom is -0.504 e. The van der Waals surface area contributed by atoms with Gasteiger partial charge in [0.2, 0.25) is 0 Å². The standard InChI is InChI=1S/C22H20O4/c23-20-13-19(21(24)16-25-14-17-7-3-1-4-8-17)11-12-22(20)26-15-18-9-5-2-6-10-18/h1-13,23H,14-16H2. The van der Waals surface area contributed by atoms with E-state index in [-0.39, 0.29) is 18.1 Å². The van der Waals surface area contributed by atoms with Crippen molar-refractivity contribution in [1.82, 2.24) is 0 Å². The number of benzene rings is 3. The summed E-state index contributed by atoms with van der Waals surface area (Å²) in [7, 11) is 0. The molecule has 4 nitrogen and oxygen atoms in total. The largest absolute Gasteiger partial charge is 0.504 e. The maximum atomic E-state index is 12.2. The van der Waals surface area contributed by atoms with Crippen LogP contribution in [0.15, 0.2) is 78.9 Å². The van der Waals surface area contributed by atoms with Gasteiger partial charge in [0.05, 0.1) is 6.61 Å². The number of hydrogen-bond acceptors (Lipinski definition) is 4. The van der Waals surface area contributed by atoms with Gasteiger partial charge in [-0.25, -0.2) is 0 Å². The van der Waals surface area contributed by atoms with E-state index in [0.29, 0.717) is 24.5 Å². The Labute approximate surface area is 152 Å². The number of aromatic hydroxyl groups is 1. The summed E-state index contributed by atoms with van der Waals surface area (Å²) < 4.78 is 11.1. The van der Waals surface area contributed by atoms with Crippen molar-refractivity contribution in [1.29, 1.82) is 0 Å². The summed E-state index contributed by atoms with van der Waals surface area (Å²) in [5.41, 5.74) is 2.40. The van der Waals surface area contributed by atoms with Crippen molar-refractivity contribution in [3.63, 3.8) is 0 Å². The number of hydrogen-bond donors (Lipinski definition) is 1. The highest BCUT2D eigenvalue weighted by Crippen LogP contribution is 2.27. The van der Waals surface area contributed by atoms with Crippen molar-refractivity contribution in [3.05, 3.63) is 95.6 Å². The predicted octanol–water partition coefficient (Wildman–Crippen LogP) is 4.37. The van der Waals surface area contributed by atoms with Crippen LogP contribution in [0, 0.1) is 0 Å². The number of ketones is 1. The van der Waals surface area contributed by atoms with Gasteiger partial charge in [-0.3, -0.25) is 4.79 Å². The van der Waals surface area contributed by atoms with Crippen LogP contribution in [0.2, 0.25) is 0 Å². The number of phenolic OH excluding ortho intramolecular Hbond substituents is 1. The molecular formula is C22H20O4. The first-order valence-electron chi connectivity index (χ1n) is 8.37. The molecule has 3 aromatic carbocycles. The van der Waals surface area contributed by atoms with E-state index in [2.05, 4.69) is 0 Å². The highest BCUT2D eigenvalue weighted by molar-refractivity contribution is 5.97. The Morgan fingerprint density at radius 2 is 1.42 bits per heavy atom. The average Bonchev–Trinajstić information content (AvgIpc) is 2.68. The molecule has 0 aliphatic rings. The molecule has 3 aromatic rings. The van der Waals surface area contributed by atoms with Crippen molar-refractivity contribution in [2.24, 2.45) is 0 Å². The van der Waals surface area contributed by atoms with Crippen LogP contribution >= 0.6 is 0 Å². The highest BCUT2D eigenvalue weighted by Gasteiger charge is 2.11. The number of phenols is 1. The molecule has 0 saturated heterocycles.